The summed E-state index contributed by atoms with van der Waals surface area (Å²) in [6.45, 7) is 4.59. The number of nitrogens with zero attached hydrogens (tertiary/aromatic N) is 5. The number of unbranched alkanes of at least 4 members (excludes halogenated alkanes) is 1. The third-order valence-corrected chi connectivity index (χ3v) is 7.31. The first-order chi connectivity index (χ1) is 16.1. The fourth-order valence-electron chi connectivity index (χ4n) is 3.49. The summed E-state index contributed by atoms with van der Waals surface area (Å²) >= 11 is 0. The molecule has 1 aliphatic rings. The first-order valence-electron chi connectivity index (χ1n) is 11.0. The number of piperazine rings is 1. The van der Waals surface area contributed by atoms with Gasteiger partial charge in [-0.25, -0.2) is 8.42 Å². The Hall–Kier alpha value is -3.24. The molecule has 0 spiro atoms. The second-order valence-electron chi connectivity index (χ2n) is 7.70. The van der Waals surface area contributed by atoms with E-state index in [9.17, 15) is 8.42 Å². The Bertz CT molecular complexity index is 1120. The highest BCUT2D eigenvalue weighted by atomic mass is 32.2. The van der Waals surface area contributed by atoms with Crippen LogP contribution in [0.25, 0.3) is 0 Å². The SMILES string of the molecule is CCCCOc1ccc(S(=O)(=O)N2CCN(c3ccc(Nc4ccncc4)nn3)CC2)cc1. The maximum atomic E-state index is 13.0. The van der Waals surface area contributed by atoms with Crippen molar-refractivity contribution < 1.29 is 13.2 Å². The minimum absolute atomic E-state index is 0.283. The van der Waals surface area contributed by atoms with E-state index in [4.69, 9.17) is 4.74 Å². The topological polar surface area (TPSA) is 101 Å². The summed E-state index contributed by atoms with van der Waals surface area (Å²) in [4.78, 5) is 6.31. The zero-order valence-electron chi connectivity index (χ0n) is 18.6. The number of benzene rings is 1. The van der Waals surface area contributed by atoms with Crippen molar-refractivity contribution in [2.24, 2.45) is 0 Å². The van der Waals surface area contributed by atoms with E-state index in [1.165, 1.54) is 4.31 Å². The second-order valence-corrected chi connectivity index (χ2v) is 9.64. The van der Waals surface area contributed by atoms with E-state index in [2.05, 4.69) is 27.4 Å². The highest BCUT2D eigenvalue weighted by Crippen LogP contribution is 2.23. The number of ether oxygens (including phenoxy) is 1. The Kier molecular flexibility index (Phi) is 7.36. The Morgan fingerprint density at radius 3 is 2.30 bits per heavy atom. The van der Waals surface area contributed by atoms with E-state index in [1.807, 2.05) is 29.2 Å². The monoisotopic (exact) mass is 468 g/mol. The van der Waals surface area contributed by atoms with Gasteiger partial charge in [0.2, 0.25) is 10.0 Å². The Morgan fingerprint density at radius 1 is 0.939 bits per heavy atom. The summed E-state index contributed by atoms with van der Waals surface area (Å²) in [5.41, 5.74) is 0.881. The molecule has 1 N–H and O–H groups in total. The van der Waals surface area contributed by atoms with Crippen LogP contribution in [0.5, 0.6) is 5.75 Å². The van der Waals surface area contributed by atoms with Gasteiger partial charge in [-0.3, -0.25) is 4.98 Å². The predicted molar refractivity (Wildman–Crippen MR) is 127 cm³/mol. The largest absolute Gasteiger partial charge is 0.494 e. The van der Waals surface area contributed by atoms with Crippen molar-refractivity contribution in [1.29, 1.82) is 0 Å². The Balaban J connectivity index is 1.33. The molecule has 4 rings (SSSR count). The number of sulfonamides is 1. The summed E-state index contributed by atoms with van der Waals surface area (Å²) < 4.78 is 33.2. The number of rotatable bonds is 9. The van der Waals surface area contributed by atoms with Gasteiger partial charge < -0.3 is 15.0 Å². The molecule has 0 radical (unpaired) electrons. The summed E-state index contributed by atoms with van der Waals surface area (Å²) in [5.74, 6) is 2.04. The lowest BCUT2D eigenvalue weighted by atomic mass is 10.3. The van der Waals surface area contributed by atoms with Gasteiger partial charge in [-0.1, -0.05) is 13.3 Å². The Labute approximate surface area is 194 Å². The third kappa shape index (κ3) is 5.77. The number of hydrogen-bond acceptors (Lipinski definition) is 8. The van der Waals surface area contributed by atoms with Crippen molar-refractivity contribution in [3.8, 4) is 5.75 Å². The molecule has 1 aliphatic heterocycles. The van der Waals surface area contributed by atoms with Crippen molar-refractivity contribution in [3.05, 3.63) is 60.9 Å². The molecule has 33 heavy (non-hydrogen) atoms. The Morgan fingerprint density at radius 2 is 1.67 bits per heavy atom. The molecule has 0 saturated carbocycles. The van der Waals surface area contributed by atoms with Crippen LogP contribution in [0.1, 0.15) is 19.8 Å². The minimum Gasteiger partial charge on any atom is -0.494 e. The quantitative estimate of drug-likeness (QED) is 0.478. The van der Waals surface area contributed by atoms with Crippen LogP contribution in [0, 0.1) is 0 Å². The molecule has 9 nitrogen and oxygen atoms in total. The molecule has 1 aromatic carbocycles. The second kappa shape index (κ2) is 10.6. The molecule has 1 saturated heterocycles. The average molecular weight is 469 g/mol. The first-order valence-corrected chi connectivity index (χ1v) is 12.5. The van der Waals surface area contributed by atoms with Gasteiger partial charge in [0.15, 0.2) is 11.6 Å². The van der Waals surface area contributed by atoms with Gasteiger partial charge in [-0.2, -0.15) is 4.31 Å². The summed E-state index contributed by atoms with van der Waals surface area (Å²) in [6, 6.07) is 14.1. The van der Waals surface area contributed by atoms with Crippen molar-refractivity contribution in [2.45, 2.75) is 24.7 Å². The molecule has 0 bridgehead atoms. The zero-order valence-corrected chi connectivity index (χ0v) is 19.4. The lowest BCUT2D eigenvalue weighted by Gasteiger charge is -2.34. The van der Waals surface area contributed by atoms with Gasteiger partial charge in [0, 0.05) is 44.3 Å². The fourth-order valence-corrected chi connectivity index (χ4v) is 4.91. The van der Waals surface area contributed by atoms with Gasteiger partial charge in [0.25, 0.3) is 0 Å². The van der Waals surface area contributed by atoms with Gasteiger partial charge in [0.1, 0.15) is 5.75 Å². The molecule has 3 heterocycles. The molecule has 1 fully saturated rings. The minimum atomic E-state index is -3.55. The van der Waals surface area contributed by atoms with Crippen LogP contribution in [-0.4, -0.2) is 60.7 Å². The molecule has 10 heteroatoms. The zero-order chi connectivity index (χ0) is 23.1. The highest BCUT2D eigenvalue weighted by Gasteiger charge is 2.29. The maximum Gasteiger partial charge on any atom is 0.243 e. The number of nitrogens with one attached hydrogen (secondary N) is 1. The molecular formula is C23H28N6O3S. The summed E-state index contributed by atoms with van der Waals surface area (Å²) in [7, 11) is -3.55. The standard InChI is InChI=1S/C23H28N6O3S/c1-2-3-18-32-20-4-6-21(7-5-20)33(30,31)29-16-14-28(15-17-29)23-9-8-22(26-27-23)25-19-10-12-24-13-11-19/h4-13H,2-3,14-18H2,1H3,(H,24,25,26). The van der Waals surface area contributed by atoms with Crippen LogP contribution in [-0.2, 0) is 10.0 Å². The predicted octanol–water partition coefficient (Wildman–Crippen LogP) is 3.31. The third-order valence-electron chi connectivity index (χ3n) is 5.39. The van der Waals surface area contributed by atoms with E-state index in [0.717, 1.165) is 24.3 Å². The molecule has 0 amide bonds. The van der Waals surface area contributed by atoms with Crippen LogP contribution in [0.3, 0.4) is 0 Å². The smallest absolute Gasteiger partial charge is 0.243 e. The van der Waals surface area contributed by atoms with E-state index in [0.29, 0.717) is 44.4 Å². The van der Waals surface area contributed by atoms with Crippen LogP contribution >= 0.6 is 0 Å². The molecule has 3 aromatic rings. The summed E-state index contributed by atoms with van der Waals surface area (Å²) in [5, 5.41) is 11.7. The van der Waals surface area contributed by atoms with Crippen molar-refractivity contribution in [2.75, 3.05) is 43.0 Å². The van der Waals surface area contributed by atoms with Crippen LogP contribution in [0.4, 0.5) is 17.3 Å². The van der Waals surface area contributed by atoms with Gasteiger partial charge in [-0.15, -0.1) is 10.2 Å². The first kappa shape index (κ1) is 22.9. The van der Waals surface area contributed by atoms with Crippen molar-refractivity contribution >= 4 is 27.3 Å². The van der Waals surface area contributed by atoms with Gasteiger partial charge >= 0.3 is 0 Å². The molecule has 0 aliphatic carbocycles. The molecule has 2 aromatic heterocycles. The van der Waals surface area contributed by atoms with Crippen molar-refractivity contribution in [1.82, 2.24) is 19.5 Å². The van der Waals surface area contributed by atoms with Crippen LogP contribution in [0.2, 0.25) is 0 Å². The lowest BCUT2D eigenvalue weighted by Crippen LogP contribution is -2.48. The van der Waals surface area contributed by atoms with Crippen LogP contribution in [0.15, 0.2) is 65.8 Å². The fraction of sp³-hybridized carbons (Fsp3) is 0.348. The highest BCUT2D eigenvalue weighted by molar-refractivity contribution is 7.89. The van der Waals surface area contributed by atoms with Gasteiger partial charge in [0.05, 0.1) is 11.5 Å². The molecule has 0 unspecified atom stereocenters. The summed E-state index contributed by atoms with van der Waals surface area (Å²) in [6.07, 6.45) is 5.43. The van der Waals surface area contributed by atoms with E-state index >= 15 is 0 Å². The number of aromatic nitrogens is 3. The number of anilines is 3. The van der Waals surface area contributed by atoms with E-state index in [-0.39, 0.29) is 4.90 Å². The molecule has 0 atom stereocenters. The number of pyridine rings is 1. The van der Waals surface area contributed by atoms with E-state index < -0.39 is 10.0 Å². The lowest BCUT2D eigenvalue weighted by molar-refractivity contribution is 0.309. The van der Waals surface area contributed by atoms with Gasteiger partial charge in [-0.05, 0) is 55.0 Å². The molecular weight excluding hydrogens is 440 g/mol. The molecule has 174 valence electrons. The van der Waals surface area contributed by atoms with Crippen LogP contribution < -0.4 is 15.0 Å². The van der Waals surface area contributed by atoms with Crippen molar-refractivity contribution in [3.63, 3.8) is 0 Å². The normalized spacial score (nSPS) is 14.8. The number of hydrogen-bond donors (Lipinski definition) is 1. The van der Waals surface area contributed by atoms with E-state index in [1.54, 1.807) is 36.7 Å². The average Bonchev–Trinajstić information content (AvgIpc) is 2.86. The maximum absolute atomic E-state index is 13.0.